The van der Waals surface area contributed by atoms with Gasteiger partial charge >= 0.3 is 0 Å². The van der Waals surface area contributed by atoms with E-state index in [2.05, 4.69) is 20.5 Å². The van der Waals surface area contributed by atoms with Crippen LogP contribution in [0.3, 0.4) is 0 Å². The number of amides is 1. The Kier molecular flexibility index (Phi) is 6.86. The quantitative estimate of drug-likeness (QED) is 0.756. The summed E-state index contributed by atoms with van der Waals surface area (Å²) in [5.74, 6) is 0.437. The smallest absolute Gasteiger partial charge is 0.269 e. The van der Waals surface area contributed by atoms with Crippen molar-refractivity contribution in [1.82, 2.24) is 15.2 Å². The molecule has 0 spiro atoms. The molecule has 7 nitrogen and oxygen atoms in total. The van der Waals surface area contributed by atoms with Gasteiger partial charge in [-0.1, -0.05) is 11.6 Å². The van der Waals surface area contributed by atoms with Gasteiger partial charge in [-0.05, 0) is 30.3 Å². The van der Waals surface area contributed by atoms with E-state index in [0.717, 1.165) is 44.2 Å². The Bertz CT molecular complexity index is 764. The first-order valence-electron chi connectivity index (χ1n) is 8.80. The molecule has 2 heterocycles. The summed E-state index contributed by atoms with van der Waals surface area (Å²) in [6, 6.07) is 8.91. The van der Waals surface area contributed by atoms with Gasteiger partial charge in [0.25, 0.3) is 5.91 Å². The number of halogens is 1. The lowest BCUT2D eigenvalue weighted by atomic mass is 10.2. The molecule has 1 amide bonds. The number of ether oxygens (including phenoxy) is 2. The van der Waals surface area contributed by atoms with E-state index < -0.39 is 0 Å². The van der Waals surface area contributed by atoms with E-state index in [-0.39, 0.29) is 5.91 Å². The maximum Gasteiger partial charge on any atom is 0.269 e. The molecule has 1 saturated heterocycles. The zero-order chi connectivity index (χ0) is 19.1. The second-order valence-corrected chi connectivity index (χ2v) is 6.52. The number of morpholine rings is 1. The van der Waals surface area contributed by atoms with Crippen molar-refractivity contribution in [3.8, 4) is 5.75 Å². The van der Waals surface area contributed by atoms with E-state index in [9.17, 15) is 4.79 Å². The molecular weight excluding hydrogens is 368 g/mol. The highest BCUT2D eigenvalue weighted by Gasteiger charge is 2.11. The fourth-order valence-corrected chi connectivity index (χ4v) is 3.01. The van der Waals surface area contributed by atoms with Crippen molar-refractivity contribution in [2.75, 3.05) is 51.8 Å². The molecule has 27 heavy (non-hydrogen) atoms. The van der Waals surface area contributed by atoms with Gasteiger partial charge in [0, 0.05) is 31.9 Å². The van der Waals surface area contributed by atoms with E-state index in [4.69, 9.17) is 21.1 Å². The van der Waals surface area contributed by atoms with E-state index >= 15 is 0 Å². The molecule has 1 fully saturated rings. The molecule has 1 aliphatic heterocycles. The van der Waals surface area contributed by atoms with Gasteiger partial charge in [-0.15, -0.1) is 0 Å². The van der Waals surface area contributed by atoms with E-state index in [1.54, 1.807) is 31.5 Å². The maximum atomic E-state index is 12.2. The molecule has 1 aromatic carbocycles. The predicted molar refractivity (Wildman–Crippen MR) is 105 cm³/mol. The highest BCUT2D eigenvalue weighted by atomic mass is 35.5. The average molecular weight is 391 g/mol. The summed E-state index contributed by atoms with van der Waals surface area (Å²) < 4.78 is 10.4. The summed E-state index contributed by atoms with van der Waals surface area (Å²) in [5.41, 5.74) is 1.96. The lowest BCUT2D eigenvalue weighted by Crippen LogP contribution is -2.41. The Hall–Kier alpha value is -2.35. The monoisotopic (exact) mass is 390 g/mol. The normalized spacial score (nSPS) is 14.6. The molecule has 0 saturated carbocycles. The second-order valence-electron chi connectivity index (χ2n) is 6.12. The third-order valence-electron chi connectivity index (χ3n) is 4.25. The number of nitrogens with zero attached hydrogens (tertiary/aromatic N) is 2. The zero-order valence-corrected chi connectivity index (χ0v) is 16.0. The van der Waals surface area contributed by atoms with Crippen LogP contribution in [0.25, 0.3) is 0 Å². The predicted octanol–water partition coefficient (Wildman–Crippen LogP) is 2.55. The van der Waals surface area contributed by atoms with Crippen molar-refractivity contribution >= 4 is 28.9 Å². The van der Waals surface area contributed by atoms with Crippen LogP contribution >= 0.6 is 11.6 Å². The van der Waals surface area contributed by atoms with E-state index in [1.807, 2.05) is 12.1 Å². The van der Waals surface area contributed by atoms with E-state index in [1.165, 1.54) is 0 Å². The first kappa shape index (κ1) is 19.4. The highest BCUT2D eigenvalue weighted by Crippen LogP contribution is 2.28. The molecule has 0 unspecified atom stereocenters. The van der Waals surface area contributed by atoms with Gasteiger partial charge in [0.15, 0.2) is 0 Å². The molecule has 1 aliphatic rings. The lowest BCUT2D eigenvalue weighted by molar-refractivity contribution is 0.0383. The summed E-state index contributed by atoms with van der Waals surface area (Å²) >= 11 is 6.12. The Labute approximate surface area is 163 Å². The first-order chi connectivity index (χ1) is 13.2. The molecule has 0 radical (unpaired) electrons. The van der Waals surface area contributed by atoms with Crippen LogP contribution in [0, 0.1) is 0 Å². The molecule has 3 rings (SSSR count). The third-order valence-corrected chi connectivity index (χ3v) is 4.55. The van der Waals surface area contributed by atoms with Crippen LogP contribution in [-0.2, 0) is 4.74 Å². The maximum absolute atomic E-state index is 12.2. The number of benzene rings is 1. The minimum Gasteiger partial charge on any atom is -0.495 e. The summed E-state index contributed by atoms with van der Waals surface area (Å²) in [7, 11) is 1.57. The molecule has 8 heteroatoms. The minimum atomic E-state index is -0.178. The number of pyridine rings is 1. The van der Waals surface area contributed by atoms with Crippen molar-refractivity contribution in [3.05, 3.63) is 47.2 Å². The number of carbonyl (C=O) groups is 1. The van der Waals surface area contributed by atoms with Crippen LogP contribution in [0.15, 0.2) is 36.5 Å². The van der Waals surface area contributed by atoms with Gasteiger partial charge in [-0.3, -0.25) is 9.69 Å². The molecule has 0 bridgehead atoms. The van der Waals surface area contributed by atoms with Gasteiger partial charge in [0.2, 0.25) is 0 Å². The summed E-state index contributed by atoms with van der Waals surface area (Å²) in [6.45, 7) is 4.72. The van der Waals surface area contributed by atoms with Crippen molar-refractivity contribution < 1.29 is 14.3 Å². The van der Waals surface area contributed by atoms with Crippen LogP contribution in [0.4, 0.5) is 11.4 Å². The number of anilines is 2. The van der Waals surface area contributed by atoms with Gasteiger partial charge < -0.3 is 20.1 Å². The van der Waals surface area contributed by atoms with Crippen LogP contribution < -0.4 is 15.4 Å². The fourth-order valence-electron chi connectivity index (χ4n) is 2.76. The van der Waals surface area contributed by atoms with Gasteiger partial charge in [0.05, 0.1) is 37.2 Å². The molecule has 144 valence electrons. The third kappa shape index (κ3) is 5.56. The summed E-state index contributed by atoms with van der Waals surface area (Å²) in [6.07, 6.45) is 1.62. The Balaban J connectivity index is 1.50. The van der Waals surface area contributed by atoms with Gasteiger partial charge in [-0.2, -0.15) is 0 Å². The fraction of sp³-hybridized carbons (Fsp3) is 0.368. The van der Waals surface area contributed by atoms with Crippen LogP contribution in [0.1, 0.15) is 10.5 Å². The van der Waals surface area contributed by atoms with Gasteiger partial charge in [0.1, 0.15) is 11.4 Å². The topological polar surface area (TPSA) is 75.7 Å². The number of hydrogen-bond donors (Lipinski definition) is 2. The highest BCUT2D eigenvalue weighted by molar-refractivity contribution is 6.32. The molecule has 0 atom stereocenters. The van der Waals surface area contributed by atoms with Gasteiger partial charge in [-0.25, -0.2) is 4.98 Å². The average Bonchev–Trinajstić information content (AvgIpc) is 2.69. The number of carbonyl (C=O) groups excluding carboxylic acids is 1. The number of rotatable bonds is 7. The Morgan fingerprint density at radius 3 is 2.70 bits per heavy atom. The molecule has 1 aromatic heterocycles. The van der Waals surface area contributed by atoms with Crippen LogP contribution in [-0.4, -0.2) is 62.3 Å². The summed E-state index contributed by atoms with van der Waals surface area (Å²) in [4.78, 5) is 18.7. The standard InChI is InChI=1S/C19H23ClN4O3/c1-26-18-5-3-14(12-16(18)20)23-15-2-4-17(22-13-15)19(25)21-6-7-24-8-10-27-11-9-24/h2-5,12-13,23H,6-11H2,1H3,(H,21,25). The number of nitrogens with one attached hydrogen (secondary N) is 2. The lowest BCUT2D eigenvalue weighted by Gasteiger charge is -2.26. The molecular formula is C19H23ClN4O3. The van der Waals surface area contributed by atoms with Crippen LogP contribution in [0.2, 0.25) is 5.02 Å². The minimum absolute atomic E-state index is 0.178. The molecule has 0 aliphatic carbocycles. The Morgan fingerprint density at radius 2 is 2.04 bits per heavy atom. The molecule has 2 N–H and O–H groups in total. The molecule has 2 aromatic rings. The van der Waals surface area contributed by atoms with Crippen LogP contribution in [0.5, 0.6) is 5.75 Å². The zero-order valence-electron chi connectivity index (χ0n) is 15.2. The number of aromatic nitrogens is 1. The van der Waals surface area contributed by atoms with Crippen molar-refractivity contribution in [3.63, 3.8) is 0 Å². The number of hydrogen-bond acceptors (Lipinski definition) is 6. The second kappa shape index (κ2) is 9.55. The summed E-state index contributed by atoms with van der Waals surface area (Å²) in [5, 5.41) is 6.62. The largest absolute Gasteiger partial charge is 0.495 e. The first-order valence-corrected chi connectivity index (χ1v) is 9.18. The Morgan fingerprint density at radius 1 is 1.26 bits per heavy atom. The van der Waals surface area contributed by atoms with Crippen molar-refractivity contribution in [1.29, 1.82) is 0 Å². The van der Waals surface area contributed by atoms with E-state index in [0.29, 0.717) is 23.0 Å². The SMILES string of the molecule is COc1ccc(Nc2ccc(C(=O)NCCN3CCOCC3)nc2)cc1Cl. The van der Waals surface area contributed by atoms with Crippen molar-refractivity contribution in [2.45, 2.75) is 0 Å². The van der Waals surface area contributed by atoms with Crippen molar-refractivity contribution in [2.24, 2.45) is 0 Å². The number of methoxy groups -OCH3 is 1.